The molecule has 1 unspecified atom stereocenters. The average Bonchev–Trinajstić information content (AvgIpc) is 2.72. The molecule has 18 heavy (non-hydrogen) atoms. The number of aromatic nitrogens is 2. The van der Waals surface area contributed by atoms with E-state index in [1.54, 1.807) is 20.8 Å². The lowest BCUT2D eigenvalue weighted by molar-refractivity contribution is -0.124. The van der Waals surface area contributed by atoms with Crippen LogP contribution in [-0.4, -0.2) is 27.1 Å². The van der Waals surface area contributed by atoms with Crippen LogP contribution in [0.4, 0.5) is 0 Å². The highest BCUT2D eigenvalue weighted by molar-refractivity contribution is 6.02. The van der Waals surface area contributed by atoms with Crippen LogP contribution in [0, 0.1) is 18.8 Å². The number of nitrogens with zero attached hydrogens (tertiary/aromatic N) is 3. The molecule has 1 aromatic heterocycles. The van der Waals surface area contributed by atoms with Crippen LogP contribution in [0.1, 0.15) is 25.6 Å². The van der Waals surface area contributed by atoms with Crippen molar-refractivity contribution in [1.29, 1.82) is 0 Å². The topological polar surface area (TPSA) is 127 Å². The Morgan fingerprint density at radius 3 is 2.72 bits per heavy atom. The van der Waals surface area contributed by atoms with Crippen LogP contribution >= 0.6 is 0 Å². The molecule has 0 spiro atoms. The van der Waals surface area contributed by atoms with Gasteiger partial charge >= 0.3 is 0 Å². The molecular weight excluding hydrogens is 238 g/mol. The van der Waals surface area contributed by atoms with Gasteiger partial charge in [-0.3, -0.25) is 4.79 Å². The fraction of sp³-hybridized carbons (Fsp3) is 0.600. The van der Waals surface area contributed by atoms with Gasteiger partial charge in [-0.05, 0) is 5.92 Å². The molecule has 8 heteroatoms. The number of carbonyl (C=O) groups excluding carboxylic acids is 1. The predicted molar refractivity (Wildman–Crippen MR) is 62.6 cm³/mol. The molecule has 8 nitrogen and oxygen atoms in total. The van der Waals surface area contributed by atoms with Gasteiger partial charge in [0.15, 0.2) is 11.7 Å². The second-order valence-electron chi connectivity index (χ2n) is 4.19. The molecule has 100 valence electrons. The maximum Gasteiger partial charge on any atom is 0.231 e. The number of hydrogen-bond donors (Lipinski definition) is 3. The molecule has 1 rings (SSSR count). The molecule has 1 atom stereocenters. The molecule has 1 aromatic rings. The van der Waals surface area contributed by atoms with E-state index in [2.05, 4.69) is 20.6 Å². The molecule has 4 N–H and O–H groups in total. The van der Waals surface area contributed by atoms with Crippen molar-refractivity contribution < 1.29 is 14.5 Å². The molecule has 0 aliphatic carbocycles. The van der Waals surface area contributed by atoms with Crippen molar-refractivity contribution in [2.24, 2.45) is 22.7 Å². The third-order valence-electron chi connectivity index (χ3n) is 2.37. The van der Waals surface area contributed by atoms with Crippen LogP contribution in [-0.2, 0) is 11.3 Å². The lowest BCUT2D eigenvalue weighted by atomic mass is 9.94. The zero-order valence-electron chi connectivity index (χ0n) is 10.5. The Morgan fingerprint density at radius 1 is 1.61 bits per heavy atom. The number of oxime groups is 1. The maximum absolute atomic E-state index is 11.9. The van der Waals surface area contributed by atoms with Gasteiger partial charge in [0.05, 0.1) is 6.54 Å². The first-order valence-electron chi connectivity index (χ1n) is 5.50. The largest absolute Gasteiger partial charge is 0.409 e. The van der Waals surface area contributed by atoms with Gasteiger partial charge in [0, 0.05) is 6.92 Å². The number of nitrogens with two attached hydrogens (primary N) is 1. The molecule has 0 fully saturated rings. The highest BCUT2D eigenvalue weighted by Crippen LogP contribution is 2.11. The van der Waals surface area contributed by atoms with Crippen molar-refractivity contribution in [2.45, 2.75) is 27.3 Å². The van der Waals surface area contributed by atoms with Gasteiger partial charge in [-0.25, -0.2) is 0 Å². The van der Waals surface area contributed by atoms with Crippen LogP contribution in [0.3, 0.4) is 0 Å². The van der Waals surface area contributed by atoms with E-state index in [1.165, 1.54) is 0 Å². The number of carbonyl (C=O) groups is 1. The molecule has 0 bridgehead atoms. The van der Waals surface area contributed by atoms with Crippen LogP contribution in [0.5, 0.6) is 0 Å². The Hall–Kier alpha value is -2.12. The van der Waals surface area contributed by atoms with Gasteiger partial charge in [0.25, 0.3) is 0 Å². The van der Waals surface area contributed by atoms with E-state index in [0.717, 1.165) is 0 Å². The van der Waals surface area contributed by atoms with E-state index in [4.69, 9.17) is 15.5 Å². The van der Waals surface area contributed by atoms with Crippen LogP contribution in [0.2, 0.25) is 0 Å². The first-order chi connectivity index (χ1) is 8.45. The van der Waals surface area contributed by atoms with Crippen LogP contribution in [0.25, 0.3) is 0 Å². The lowest BCUT2D eigenvalue weighted by Crippen LogP contribution is -2.41. The standard InChI is InChI=1S/C10H17N5O3/c1-5(2)8(9(11)14-17)10(16)12-4-7-13-6(3)18-15-7/h5,8,17H,4H2,1-3H3,(H2,11,14)(H,12,16). The third kappa shape index (κ3) is 3.44. The molecule has 0 aliphatic rings. The summed E-state index contributed by atoms with van der Waals surface area (Å²) in [5, 5.41) is 17.8. The second-order valence-corrected chi connectivity index (χ2v) is 4.19. The molecular formula is C10H17N5O3. The van der Waals surface area contributed by atoms with Crippen molar-refractivity contribution in [1.82, 2.24) is 15.5 Å². The SMILES string of the molecule is Cc1nc(CNC(=O)C(C(N)=NO)C(C)C)no1. The first-order valence-corrected chi connectivity index (χ1v) is 5.50. The van der Waals surface area contributed by atoms with Crippen LogP contribution in [0.15, 0.2) is 9.68 Å². The summed E-state index contributed by atoms with van der Waals surface area (Å²) in [7, 11) is 0. The maximum atomic E-state index is 11.9. The molecule has 1 heterocycles. The smallest absolute Gasteiger partial charge is 0.231 e. The van der Waals surface area contributed by atoms with Gasteiger partial charge in [0.2, 0.25) is 11.8 Å². The van der Waals surface area contributed by atoms with E-state index < -0.39 is 5.92 Å². The summed E-state index contributed by atoms with van der Waals surface area (Å²) in [5.74, 6) is -0.440. The Bertz CT molecular complexity index is 440. The molecule has 0 aromatic carbocycles. The molecule has 1 amide bonds. The Labute approximate surface area is 104 Å². The molecule has 0 radical (unpaired) electrons. The zero-order chi connectivity index (χ0) is 13.7. The highest BCUT2D eigenvalue weighted by Gasteiger charge is 2.26. The van der Waals surface area contributed by atoms with Gasteiger partial charge in [-0.1, -0.05) is 24.2 Å². The summed E-state index contributed by atoms with van der Waals surface area (Å²) in [6, 6.07) is 0. The Morgan fingerprint density at radius 2 is 2.28 bits per heavy atom. The Balaban J connectivity index is 2.62. The van der Waals surface area contributed by atoms with E-state index in [1.807, 2.05) is 0 Å². The van der Waals surface area contributed by atoms with Crippen LogP contribution < -0.4 is 11.1 Å². The zero-order valence-corrected chi connectivity index (χ0v) is 10.5. The van der Waals surface area contributed by atoms with Crippen molar-refractivity contribution in [3.05, 3.63) is 11.7 Å². The van der Waals surface area contributed by atoms with Crippen molar-refractivity contribution >= 4 is 11.7 Å². The van der Waals surface area contributed by atoms with E-state index in [0.29, 0.717) is 11.7 Å². The second kappa shape index (κ2) is 5.99. The summed E-state index contributed by atoms with van der Waals surface area (Å²) < 4.78 is 4.77. The minimum atomic E-state index is -0.692. The minimum absolute atomic E-state index is 0.0899. The summed E-state index contributed by atoms with van der Waals surface area (Å²) >= 11 is 0. The van der Waals surface area contributed by atoms with Gasteiger partial charge in [-0.2, -0.15) is 4.98 Å². The van der Waals surface area contributed by atoms with E-state index in [-0.39, 0.29) is 24.2 Å². The van der Waals surface area contributed by atoms with Crippen molar-refractivity contribution in [2.75, 3.05) is 0 Å². The molecule has 0 aliphatic heterocycles. The Kier molecular flexibility index (Phi) is 4.64. The fourth-order valence-electron chi connectivity index (χ4n) is 1.53. The molecule has 0 saturated heterocycles. The predicted octanol–water partition coefficient (Wildman–Crippen LogP) is 0.0128. The fourth-order valence-corrected chi connectivity index (χ4v) is 1.53. The summed E-state index contributed by atoms with van der Waals surface area (Å²) in [5.41, 5.74) is 5.48. The third-order valence-corrected chi connectivity index (χ3v) is 2.37. The number of rotatable bonds is 5. The minimum Gasteiger partial charge on any atom is -0.409 e. The monoisotopic (exact) mass is 255 g/mol. The summed E-state index contributed by atoms with van der Waals surface area (Å²) in [4.78, 5) is 15.8. The average molecular weight is 255 g/mol. The van der Waals surface area contributed by atoms with Crippen molar-refractivity contribution in [3.63, 3.8) is 0 Å². The first kappa shape index (κ1) is 13.9. The van der Waals surface area contributed by atoms with Gasteiger partial charge in [0.1, 0.15) is 5.92 Å². The normalized spacial score (nSPS) is 13.7. The summed E-state index contributed by atoms with van der Waals surface area (Å²) in [6.07, 6.45) is 0. The van der Waals surface area contributed by atoms with E-state index in [9.17, 15) is 4.79 Å². The quantitative estimate of drug-likeness (QED) is 0.294. The number of amidine groups is 1. The lowest BCUT2D eigenvalue weighted by Gasteiger charge is -2.18. The van der Waals surface area contributed by atoms with E-state index >= 15 is 0 Å². The summed E-state index contributed by atoms with van der Waals surface area (Å²) in [6.45, 7) is 5.41. The highest BCUT2D eigenvalue weighted by atomic mass is 16.5. The molecule has 0 saturated carbocycles. The number of amides is 1. The van der Waals surface area contributed by atoms with Gasteiger partial charge in [-0.15, -0.1) is 0 Å². The van der Waals surface area contributed by atoms with Gasteiger partial charge < -0.3 is 20.8 Å². The number of hydrogen-bond acceptors (Lipinski definition) is 6. The van der Waals surface area contributed by atoms with Crippen molar-refractivity contribution in [3.8, 4) is 0 Å². The number of nitrogens with one attached hydrogen (secondary N) is 1. The number of aryl methyl sites for hydroxylation is 1.